The summed E-state index contributed by atoms with van der Waals surface area (Å²) in [6.07, 6.45) is 2.17. The molecule has 0 N–H and O–H groups in total. The quantitative estimate of drug-likeness (QED) is 0.630. The van der Waals surface area contributed by atoms with E-state index in [1.165, 1.54) is 0 Å². The third-order valence-corrected chi connectivity index (χ3v) is 2.39. The number of carbonyl (C=O) groups excluding carboxylic acids is 1. The van der Waals surface area contributed by atoms with Crippen molar-refractivity contribution >= 4 is 5.97 Å². The molecule has 0 amide bonds. The van der Waals surface area contributed by atoms with Gasteiger partial charge in [-0.2, -0.15) is 0 Å². The molecular weight excluding hydrogens is 164 g/mol. The minimum absolute atomic E-state index is 0.0109. The molecule has 0 spiro atoms. The summed E-state index contributed by atoms with van der Waals surface area (Å²) in [5, 5.41) is 0. The van der Waals surface area contributed by atoms with Crippen LogP contribution in [0.1, 0.15) is 40.5 Å². The predicted octanol–water partition coefficient (Wildman–Crippen LogP) is 2.62. The Hall–Kier alpha value is -0.530. The Morgan fingerprint density at radius 1 is 1.46 bits per heavy atom. The topological polar surface area (TPSA) is 26.3 Å². The van der Waals surface area contributed by atoms with E-state index in [2.05, 4.69) is 20.8 Å². The van der Waals surface area contributed by atoms with Crippen LogP contribution in [-0.4, -0.2) is 12.6 Å². The molecule has 2 atom stereocenters. The predicted molar refractivity (Wildman–Crippen MR) is 52.3 cm³/mol. The highest BCUT2D eigenvalue weighted by Crippen LogP contribution is 2.46. The van der Waals surface area contributed by atoms with Crippen LogP contribution in [0.2, 0.25) is 0 Å². The van der Waals surface area contributed by atoms with E-state index in [-0.39, 0.29) is 11.9 Å². The van der Waals surface area contributed by atoms with Crippen molar-refractivity contribution in [1.29, 1.82) is 0 Å². The first kappa shape index (κ1) is 10.6. The summed E-state index contributed by atoms with van der Waals surface area (Å²) in [5.74, 6) is 0.801. The van der Waals surface area contributed by atoms with Gasteiger partial charge >= 0.3 is 5.97 Å². The molecule has 13 heavy (non-hydrogen) atoms. The van der Waals surface area contributed by atoms with Crippen molar-refractivity contribution in [1.82, 2.24) is 0 Å². The molecule has 0 radical (unpaired) electrons. The summed E-state index contributed by atoms with van der Waals surface area (Å²) in [4.78, 5) is 11.3. The molecule has 1 aliphatic rings. The van der Waals surface area contributed by atoms with Crippen molar-refractivity contribution in [2.45, 2.75) is 40.5 Å². The summed E-state index contributed by atoms with van der Waals surface area (Å²) in [6.45, 7) is 9.02. The zero-order valence-electron chi connectivity index (χ0n) is 9.09. The van der Waals surface area contributed by atoms with Crippen LogP contribution in [0.25, 0.3) is 0 Å². The van der Waals surface area contributed by atoms with Crippen LogP contribution in [0.15, 0.2) is 0 Å². The molecule has 0 aromatic rings. The lowest BCUT2D eigenvalue weighted by molar-refractivity contribution is -0.145. The van der Waals surface area contributed by atoms with Gasteiger partial charge in [-0.15, -0.1) is 0 Å². The minimum Gasteiger partial charge on any atom is -0.466 e. The number of esters is 1. The first-order valence-corrected chi connectivity index (χ1v) is 5.10. The van der Waals surface area contributed by atoms with Gasteiger partial charge in [0, 0.05) is 0 Å². The van der Waals surface area contributed by atoms with E-state index in [0.29, 0.717) is 17.9 Å². The zero-order valence-corrected chi connectivity index (χ0v) is 9.09. The number of ether oxygens (including phenoxy) is 1. The molecule has 1 fully saturated rings. The smallest absolute Gasteiger partial charge is 0.309 e. The van der Waals surface area contributed by atoms with Gasteiger partial charge in [0.05, 0.1) is 12.5 Å². The molecule has 0 saturated heterocycles. The Labute approximate surface area is 80.7 Å². The number of hydrogen-bond acceptors (Lipinski definition) is 2. The van der Waals surface area contributed by atoms with Crippen LogP contribution >= 0.6 is 0 Å². The van der Waals surface area contributed by atoms with E-state index in [1.807, 2.05) is 6.92 Å². The molecule has 1 saturated carbocycles. The zero-order chi connectivity index (χ0) is 10.1. The normalized spacial score (nSPS) is 27.1. The maximum atomic E-state index is 11.3. The summed E-state index contributed by atoms with van der Waals surface area (Å²) in [6, 6.07) is 0. The van der Waals surface area contributed by atoms with Gasteiger partial charge in [-0.05, 0) is 31.1 Å². The van der Waals surface area contributed by atoms with E-state index in [1.54, 1.807) is 0 Å². The summed E-state index contributed by atoms with van der Waals surface area (Å²) < 4.78 is 4.97. The van der Waals surface area contributed by atoms with E-state index < -0.39 is 0 Å². The summed E-state index contributed by atoms with van der Waals surface area (Å²) in [7, 11) is 0. The molecular formula is C11H20O2. The highest BCUT2D eigenvalue weighted by Gasteiger charge is 2.45. The lowest BCUT2D eigenvalue weighted by Crippen LogP contribution is -2.11. The summed E-state index contributed by atoms with van der Waals surface area (Å²) >= 11 is 0. The van der Waals surface area contributed by atoms with Crippen molar-refractivity contribution < 1.29 is 9.53 Å². The van der Waals surface area contributed by atoms with Crippen molar-refractivity contribution in [3.63, 3.8) is 0 Å². The molecule has 0 heterocycles. The second-order valence-corrected chi connectivity index (χ2v) is 5.12. The highest BCUT2D eigenvalue weighted by atomic mass is 16.5. The molecule has 0 aromatic heterocycles. The van der Waals surface area contributed by atoms with Gasteiger partial charge < -0.3 is 4.74 Å². The molecule has 2 nitrogen and oxygen atoms in total. The van der Waals surface area contributed by atoms with E-state index >= 15 is 0 Å². The molecule has 1 rings (SSSR count). The molecule has 2 heteroatoms. The van der Waals surface area contributed by atoms with Crippen molar-refractivity contribution in [3.05, 3.63) is 0 Å². The largest absolute Gasteiger partial charge is 0.466 e. The molecule has 0 aliphatic heterocycles. The first-order valence-electron chi connectivity index (χ1n) is 5.10. The first-order chi connectivity index (χ1) is 5.94. The van der Waals surface area contributed by atoms with Crippen molar-refractivity contribution in [3.8, 4) is 0 Å². The van der Waals surface area contributed by atoms with E-state index in [4.69, 9.17) is 4.74 Å². The second kappa shape index (κ2) is 3.69. The van der Waals surface area contributed by atoms with Crippen LogP contribution in [0.5, 0.6) is 0 Å². The average Bonchev–Trinajstić information content (AvgIpc) is 2.64. The number of hydrogen-bond donors (Lipinski definition) is 0. The number of rotatable bonds is 3. The van der Waals surface area contributed by atoms with Gasteiger partial charge in [-0.1, -0.05) is 20.8 Å². The standard InChI is InChI=1S/C11H20O2/c1-5-13-10(12)9-6-8(9)7-11(2,3)4/h8-9H,5-7H2,1-4H3/t8-,9+/m0/s1. The molecule has 1 aliphatic carbocycles. The van der Waals surface area contributed by atoms with Crippen LogP contribution in [0.3, 0.4) is 0 Å². The molecule has 0 bridgehead atoms. The van der Waals surface area contributed by atoms with Gasteiger partial charge in [-0.25, -0.2) is 0 Å². The SMILES string of the molecule is CCOC(=O)[C@@H]1C[C@H]1CC(C)(C)C. The van der Waals surface area contributed by atoms with Crippen LogP contribution in [0.4, 0.5) is 0 Å². The van der Waals surface area contributed by atoms with Gasteiger partial charge in [0.25, 0.3) is 0 Å². The molecule has 0 unspecified atom stereocenters. The lowest BCUT2D eigenvalue weighted by atomic mass is 9.89. The highest BCUT2D eigenvalue weighted by molar-refractivity contribution is 5.75. The third-order valence-electron chi connectivity index (χ3n) is 2.39. The van der Waals surface area contributed by atoms with Crippen molar-refractivity contribution in [2.75, 3.05) is 6.61 Å². The molecule has 0 aromatic carbocycles. The lowest BCUT2D eigenvalue weighted by Gasteiger charge is -2.17. The second-order valence-electron chi connectivity index (χ2n) is 5.12. The average molecular weight is 184 g/mol. The number of carbonyl (C=O) groups is 1. The van der Waals surface area contributed by atoms with Crippen LogP contribution < -0.4 is 0 Å². The molecule has 76 valence electrons. The maximum absolute atomic E-state index is 11.3. The maximum Gasteiger partial charge on any atom is 0.309 e. The van der Waals surface area contributed by atoms with Crippen molar-refractivity contribution in [2.24, 2.45) is 17.3 Å². The third kappa shape index (κ3) is 3.37. The van der Waals surface area contributed by atoms with Gasteiger partial charge in [0.2, 0.25) is 0 Å². The fraction of sp³-hybridized carbons (Fsp3) is 0.909. The van der Waals surface area contributed by atoms with Gasteiger partial charge in [-0.3, -0.25) is 4.79 Å². The Kier molecular flexibility index (Phi) is 2.99. The summed E-state index contributed by atoms with van der Waals surface area (Å²) in [5.41, 5.74) is 0.339. The van der Waals surface area contributed by atoms with E-state index in [9.17, 15) is 4.79 Å². The minimum atomic E-state index is 0.0109. The Bertz CT molecular complexity index is 191. The Morgan fingerprint density at radius 2 is 2.08 bits per heavy atom. The fourth-order valence-corrected chi connectivity index (χ4v) is 1.80. The fourth-order valence-electron chi connectivity index (χ4n) is 1.80. The van der Waals surface area contributed by atoms with Gasteiger partial charge in [0.1, 0.15) is 0 Å². The Balaban J connectivity index is 2.26. The monoisotopic (exact) mass is 184 g/mol. The van der Waals surface area contributed by atoms with Crippen LogP contribution in [0, 0.1) is 17.3 Å². The van der Waals surface area contributed by atoms with Gasteiger partial charge in [0.15, 0.2) is 0 Å². The van der Waals surface area contributed by atoms with Crippen LogP contribution in [-0.2, 0) is 9.53 Å². The van der Waals surface area contributed by atoms with E-state index in [0.717, 1.165) is 12.8 Å². The Morgan fingerprint density at radius 3 is 2.54 bits per heavy atom.